The number of rotatable bonds is 5. The number of carbonyl (C=O) groups excluding carboxylic acids is 1. The number of aromatic nitrogens is 2. The molecule has 1 heterocycles. The van der Waals surface area contributed by atoms with Gasteiger partial charge in [0, 0.05) is 12.6 Å². The van der Waals surface area contributed by atoms with Crippen molar-refractivity contribution in [3.8, 4) is 17.0 Å². The van der Waals surface area contributed by atoms with Crippen LogP contribution in [0.1, 0.15) is 23.8 Å². The van der Waals surface area contributed by atoms with Gasteiger partial charge < -0.3 is 15.8 Å². The molecule has 3 N–H and O–H groups in total. The van der Waals surface area contributed by atoms with Crippen LogP contribution in [-0.4, -0.2) is 29.5 Å². The molecule has 0 saturated carbocycles. The largest absolute Gasteiger partial charge is 0.493 e. The quantitative estimate of drug-likeness (QED) is 0.875. The molecule has 110 valence electrons. The van der Waals surface area contributed by atoms with E-state index in [-0.39, 0.29) is 17.5 Å². The van der Waals surface area contributed by atoms with Gasteiger partial charge in [0.05, 0.1) is 12.3 Å². The van der Waals surface area contributed by atoms with Crippen LogP contribution in [0.2, 0.25) is 0 Å². The molecule has 0 aliphatic rings. The van der Waals surface area contributed by atoms with Crippen LogP contribution < -0.4 is 15.8 Å². The van der Waals surface area contributed by atoms with Gasteiger partial charge in [0.15, 0.2) is 0 Å². The summed E-state index contributed by atoms with van der Waals surface area (Å²) in [5.74, 6) is 0.453. The Morgan fingerprint density at radius 2 is 2.10 bits per heavy atom. The fourth-order valence-electron chi connectivity index (χ4n) is 1.86. The number of carbonyl (C=O) groups is 1. The molecule has 0 spiro atoms. The first-order chi connectivity index (χ1) is 10.2. The van der Waals surface area contributed by atoms with E-state index in [1.807, 2.05) is 31.2 Å². The molecule has 1 aromatic carbocycles. The summed E-state index contributed by atoms with van der Waals surface area (Å²) in [6.07, 6.45) is 0.906. The van der Waals surface area contributed by atoms with Gasteiger partial charge in [-0.1, -0.05) is 19.1 Å². The molecule has 6 heteroatoms. The van der Waals surface area contributed by atoms with Crippen LogP contribution in [0.3, 0.4) is 0 Å². The molecule has 1 amide bonds. The van der Waals surface area contributed by atoms with Gasteiger partial charge in [-0.05, 0) is 24.6 Å². The minimum atomic E-state index is -0.308. The van der Waals surface area contributed by atoms with Crippen molar-refractivity contribution in [2.75, 3.05) is 19.4 Å². The Labute approximate surface area is 123 Å². The Hall–Kier alpha value is -2.63. The summed E-state index contributed by atoms with van der Waals surface area (Å²) in [6, 6.07) is 9.11. The molecular formula is C15H18N4O2. The average molecular weight is 286 g/mol. The summed E-state index contributed by atoms with van der Waals surface area (Å²) in [5, 5.41) is 2.52. The molecule has 1 aromatic heterocycles. The molecule has 0 unspecified atom stereocenters. The van der Waals surface area contributed by atoms with E-state index in [0.717, 1.165) is 12.0 Å². The molecular weight excluding hydrogens is 268 g/mol. The lowest BCUT2D eigenvalue weighted by molar-refractivity contribution is 0.0958. The van der Waals surface area contributed by atoms with Crippen molar-refractivity contribution in [2.24, 2.45) is 0 Å². The maximum atomic E-state index is 11.7. The third-order valence-electron chi connectivity index (χ3n) is 2.83. The lowest BCUT2D eigenvalue weighted by Crippen LogP contribution is -2.20. The number of para-hydroxylation sites is 1. The van der Waals surface area contributed by atoms with Crippen LogP contribution in [0.15, 0.2) is 30.3 Å². The van der Waals surface area contributed by atoms with E-state index in [9.17, 15) is 4.79 Å². The predicted octanol–water partition coefficient (Wildman–Crippen LogP) is 1.87. The minimum Gasteiger partial charge on any atom is -0.493 e. The van der Waals surface area contributed by atoms with E-state index in [1.54, 1.807) is 13.1 Å². The normalized spacial score (nSPS) is 10.2. The van der Waals surface area contributed by atoms with Crippen molar-refractivity contribution in [1.82, 2.24) is 15.3 Å². The van der Waals surface area contributed by atoms with Crippen LogP contribution in [0, 0.1) is 0 Å². The molecule has 6 nitrogen and oxygen atoms in total. The Morgan fingerprint density at radius 3 is 2.81 bits per heavy atom. The first kappa shape index (κ1) is 14.8. The van der Waals surface area contributed by atoms with Gasteiger partial charge in [0.2, 0.25) is 5.95 Å². The highest BCUT2D eigenvalue weighted by Gasteiger charge is 2.13. The summed E-state index contributed by atoms with van der Waals surface area (Å²) in [4.78, 5) is 19.8. The first-order valence-electron chi connectivity index (χ1n) is 6.74. The Kier molecular flexibility index (Phi) is 4.71. The molecule has 2 aromatic rings. The summed E-state index contributed by atoms with van der Waals surface area (Å²) in [6.45, 7) is 2.65. The molecule has 0 atom stereocenters. The number of ether oxygens (including phenoxy) is 1. The van der Waals surface area contributed by atoms with Crippen molar-refractivity contribution in [2.45, 2.75) is 13.3 Å². The SMILES string of the molecule is CCCOc1ccccc1-c1cc(C(=O)NC)nc(N)n1. The maximum Gasteiger partial charge on any atom is 0.269 e. The summed E-state index contributed by atoms with van der Waals surface area (Å²) >= 11 is 0. The number of benzene rings is 1. The molecule has 21 heavy (non-hydrogen) atoms. The van der Waals surface area contributed by atoms with Crippen molar-refractivity contribution in [1.29, 1.82) is 0 Å². The van der Waals surface area contributed by atoms with E-state index < -0.39 is 0 Å². The maximum absolute atomic E-state index is 11.7. The van der Waals surface area contributed by atoms with Crippen LogP contribution >= 0.6 is 0 Å². The Bertz CT molecular complexity index is 643. The Morgan fingerprint density at radius 1 is 1.33 bits per heavy atom. The molecule has 0 bridgehead atoms. The summed E-state index contributed by atoms with van der Waals surface area (Å²) in [5.41, 5.74) is 7.27. The van der Waals surface area contributed by atoms with Crippen molar-refractivity contribution >= 4 is 11.9 Å². The highest BCUT2D eigenvalue weighted by molar-refractivity contribution is 5.93. The first-order valence-corrected chi connectivity index (χ1v) is 6.74. The van der Waals surface area contributed by atoms with E-state index >= 15 is 0 Å². The van der Waals surface area contributed by atoms with E-state index in [4.69, 9.17) is 10.5 Å². The smallest absolute Gasteiger partial charge is 0.269 e. The number of anilines is 1. The fourth-order valence-corrected chi connectivity index (χ4v) is 1.86. The molecule has 0 radical (unpaired) electrons. The second-order valence-electron chi connectivity index (χ2n) is 4.42. The second kappa shape index (κ2) is 6.69. The van der Waals surface area contributed by atoms with E-state index in [2.05, 4.69) is 15.3 Å². The number of hydrogen-bond acceptors (Lipinski definition) is 5. The van der Waals surface area contributed by atoms with Crippen LogP contribution in [0.25, 0.3) is 11.3 Å². The number of nitrogen functional groups attached to an aromatic ring is 1. The van der Waals surface area contributed by atoms with Crippen LogP contribution in [-0.2, 0) is 0 Å². The van der Waals surface area contributed by atoms with E-state index in [1.165, 1.54) is 0 Å². The van der Waals surface area contributed by atoms with Gasteiger partial charge in [-0.15, -0.1) is 0 Å². The highest BCUT2D eigenvalue weighted by Crippen LogP contribution is 2.29. The Balaban J connectivity index is 2.46. The van der Waals surface area contributed by atoms with Gasteiger partial charge in [-0.3, -0.25) is 4.79 Å². The molecule has 2 rings (SSSR count). The van der Waals surface area contributed by atoms with Crippen molar-refractivity contribution < 1.29 is 9.53 Å². The second-order valence-corrected chi connectivity index (χ2v) is 4.42. The third kappa shape index (κ3) is 3.47. The van der Waals surface area contributed by atoms with Gasteiger partial charge >= 0.3 is 0 Å². The predicted molar refractivity (Wildman–Crippen MR) is 81.1 cm³/mol. The zero-order valence-corrected chi connectivity index (χ0v) is 12.1. The van der Waals surface area contributed by atoms with Crippen LogP contribution in [0.5, 0.6) is 5.75 Å². The van der Waals surface area contributed by atoms with Gasteiger partial charge in [-0.25, -0.2) is 9.97 Å². The van der Waals surface area contributed by atoms with Gasteiger partial charge in [0.1, 0.15) is 11.4 Å². The molecule has 0 saturated heterocycles. The van der Waals surface area contributed by atoms with Crippen molar-refractivity contribution in [3.63, 3.8) is 0 Å². The standard InChI is InChI=1S/C15H18N4O2/c1-3-8-21-13-7-5-4-6-10(13)11-9-12(14(20)17-2)19-15(16)18-11/h4-7,9H,3,8H2,1-2H3,(H,17,20)(H2,16,18,19). The summed E-state index contributed by atoms with van der Waals surface area (Å²) in [7, 11) is 1.54. The third-order valence-corrected chi connectivity index (χ3v) is 2.83. The number of hydrogen-bond donors (Lipinski definition) is 2. The molecule has 0 fully saturated rings. The molecule has 0 aliphatic heterocycles. The zero-order chi connectivity index (χ0) is 15.2. The lowest BCUT2D eigenvalue weighted by atomic mass is 10.1. The number of nitrogens with one attached hydrogen (secondary N) is 1. The minimum absolute atomic E-state index is 0.0522. The monoisotopic (exact) mass is 286 g/mol. The lowest BCUT2D eigenvalue weighted by Gasteiger charge is -2.11. The topological polar surface area (TPSA) is 90.1 Å². The fraction of sp³-hybridized carbons (Fsp3) is 0.267. The average Bonchev–Trinajstić information content (AvgIpc) is 2.51. The van der Waals surface area contributed by atoms with Gasteiger partial charge in [0.25, 0.3) is 5.91 Å². The summed E-state index contributed by atoms with van der Waals surface area (Å²) < 4.78 is 5.71. The molecule has 0 aliphatic carbocycles. The van der Waals surface area contributed by atoms with Gasteiger partial charge in [-0.2, -0.15) is 0 Å². The van der Waals surface area contributed by atoms with Crippen molar-refractivity contribution in [3.05, 3.63) is 36.0 Å². The van der Waals surface area contributed by atoms with Crippen LogP contribution in [0.4, 0.5) is 5.95 Å². The van der Waals surface area contributed by atoms with E-state index in [0.29, 0.717) is 18.1 Å². The number of nitrogens with two attached hydrogens (primary N) is 1. The zero-order valence-electron chi connectivity index (χ0n) is 12.1. The highest BCUT2D eigenvalue weighted by atomic mass is 16.5. The number of nitrogens with zero attached hydrogens (tertiary/aromatic N) is 2. The number of amides is 1.